The average molecular weight is 287 g/mol. The molecule has 2 aromatic carbocycles. The molecule has 3 nitrogen and oxygen atoms in total. The maximum Gasteiger partial charge on any atom is 0.153 e. The Morgan fingerprint density at radius 3 is 2.41 bits per heavy atom. The summed E-state index contributed by atoms with van der Waals surface area (Å²) in [5.41, 5.74) is 5.04. The Kier molecular flexibility index (Phi) is 3.97. The van der Waals surface area contributed by atoms with Gasteiger partial charge in [0.2, 0.25) is 0 Å². The molecule has 0 saturated carbocycles. The molecule has 108 valence electrons. The molecular weight excluding hydrogens is 270 g/mol. The maximum absolute atomic E-state index is 4.27. The number of nitrogens with one attached hydrogen (secondary N) is 1. The van der Waals surface area contributed by atoms with Gasteiger partial charge < -0.3 is 5.32 Å². The second kappa shape index (κ2) is 6.22. The summed E-state index contributed by atoms with van der Waals surface area (Å²) in [5.74, 6) is 0.721. The number of hydrogen-bond acceptors (Lipinski definition) is 3. The minimum atomic E-state index is 0.721. The molecule has 0 radical (unpaired) electrons. The highest BCUT2D eigenvalue weighted by molar-refractivity contribution is 5.68. The van der Waals surface area contributed by atoms with Gasteiger partial charge in [0.05, 0.1) is 5.69 Å². The fraction of sp³-hybridized carbons (Fsp3) is 0.0526. The summed E-state index contributed by atoms with van der Waals surface area (Å²) in [4.78, 5) is 0. The van der Waals surface area contributed by atoms with Gasteiger partial charge in [0.1, 0.15) is 0 Å². The summed E-state index contributed by atoms with van der Waals surface area (Å²) >= 11 is 0. The van der Waals surface area contributed by atoms with Crippen molar-refractivity contribution in [2.24, 2.45) is 0 Å². The lowest BCUT2D eigenvalue weighted by Crippen LogP contribution is -1.96. The van der Waals surface area contributed by atoms with Crippen molar-refractivity contribution >= 4 is 17.1 Å². The minimum absolute atomic E-state index is 0.721. The van der Waals surface area contributed by atoms with Crippen LogP contribution in [0, 0.1) is 0 Å². The quantitative estimate of drug-likeness (QED) is 0.740. The molecule has 3 aromatic rings. The molecule has 0 spiro atoms. The van der Waals surface area contributed by atoms with E-state index in [1.807, 2.05) is 67.6 Å². The molecular formula is C19H17N3. The monoisotopic (exact) mass is 287 g/mol. The molecule has 0 aliphatic carbocycles. The van der Waals surface area contributed by atoms with E-state index in [1.54, 1.807) is 0 Å². The SMILES string of the molecule is C=C(C)c1cccc(Nc2ccc(-c3ccccc3)nn2)c1. The summed E-state index contributed by atoms with van der Waals surface area (Å²) < 4.78 is 0. The molecule has 0 aliphatic heterocycles. The van der Waals surface area contributed by atoms with E-state index in [9.17, 15) is 0 Å². The molecule has 3 heteroatoms. The van der Waals surface area contributed by atoms with E-state index < -0.39 is 0 Å². The predicted octanol–water partition coefficient (Wildman–Crippen LogP) is 4.92. The lowest BCUT2D eigenvalue weighted by atomic mass is 10.1. The first kappa shape index (κ1) is 14.0. The second-order valence-corrected chi connectivity index (χ2v) is 5.16. The lowest BCUT2D eigenvalue weighted by Gasteiger charge is -2.08. The second-order valence-electron chi connectivity index (χ2n) is 5.16. The van der Waals surface area contributed by atoms with E-state index in [4.69, 9.17) is 0 Å². The van der Waals surface area contributed by atoms with Crippen LogP contribution in [0.3, 0.4) is 0 Å². The Hall–Kier alpha value is -2.94. The number of rotatable bonds is 4. The molecule has 3 rings (SSSR count). The van der Waals surface area contributed by atoms with E-state index in [1.165, 1.54) is 0 Å². The number of hydrogen-bond donors (Lipinski definition) is 1. The van der Waals surface area contributed by atoms with E-state index in [-0.39, 0.29) is 0 Å². The predicted molar refractivity (Wildman–Crippen MR) is 91.9 cm³/mol. The molecule has 1 aromatic heterocycles. The van der Waals surface area contributed by atoms with Crippen LogP contribution in [0.15, 0.2) is 73.3 Å². The maximum atomic E-state index is 4.27. The van der Waals surface area contributed by atoms with Crippen LogP contribution in [0.2, 0.25) is 0 Å². The average Bonchev–Trinajstić information content (AvgIpc) is 2.56. The highest BCUT2D eigenvalue weighted by Crippen LogP contribution is 2.21. The van der Waals surface area contributed by atoms with Gasteiger partial charge in [0, 0.05) is 11.3 Å². The van der Waals surface area contributed by atoms with Crippen LogP contribution in [-0.2, 0) is 0 Å². The third kappa shape index (κ3) is 3.20. The number of anilines is 2. The molecule has 0 unspecified atom stereocenters. The molecule has 0 bridgehead atoms. The van der Waals surface area contributed by atoms with Crippen molar-refractivity contribution in [3.63, 3.8) is 0 Å². The summed E-state index contributed by atoms with van der Waals surface area (Å²) in [6.45, 7) is 5.96. The Labute approximate surface area is 130 Å². The fourth-order valence-electron chi connectivity index (χ4n) is 2.17. The number of aromatic nitrogens is 2. The number of allylic oxidation sites excluding steroid dienone is 1. The standard InChI is InChI=1S/C19H17N3/c1-14(2)16-9-6-10-17(13-16)20-19-12-11-18(21-22-19)15-7-4-3-5-8-15/h3-13H,1H2,2H3,(H,20,22). The Balaban J connectivity index is 1.79. The molecule has 0 amide bonds. The minimum Gasteiger partial charge on any atom is -0.339 e. The zero-order valence-electron chi connectivity index (χ0n) is 12.5. The van der Waals surface area contributed by atoms with Crippen LogP contribution in [-0.4, -0.2) is 10.2 Å². The van der Waals surface area contributed by atoms with Crippen molar-refractivity contribution in [3.8, 4) is 11.3 Å². The highest BCUT2D eigenvalue weighted by Gasteiger charge is 2.02. The Morgan fingerprint density at radius 1 is 0.909 bits per heavy atom. The largest absolute Gasteiger partial charge is 0.339 e. The first-order valence-electron chi connectivity index (χ1n) is 7.14. The Bertz CT molecular complexity index is 777. The van der Waals surface area contributed by atoms with Gasteiger partial charge in [0.25, 0.3) is 0 Å². The normalized spacial score (nSPS) is 10.2. The lowest BCUT2D eigenvalue weighted by molar-refractivity contribution is 1.04. The number of benzene rings is 2. The first-order valence-corrected chi connectivity index (χ1v) is 7.14. The fourth-order valence-corrected chi connectivity index (χ4v) is 2.17. The van der Waals surface area contributed by atoms with Crippen molar-refractivity contribution in [2.45, 2.75) is 6.92 Å². The Morgan fingerprint density at radius 2 is 1.73 bits per heavy atom. The van der Waals surface area contributed by atoms with Crippen molar-refractivity contribution in [1.82, 2.24) is 10.2 Å². The van der Waals surface area contributed by atoms with Gasteiger partial charge >= 0.3 is 0 Å². The molecule has 1 heterocycles. The zero-order chi connectivity index (χ0) is 15.4. The van der Waals surface area contributed by atoms with Gasteiger partial charge in [-0.1, -0.05) is 54.6 Å². The van der Waals surface area contributed by atoms with Gasteiger partial charge in [-0.05, 0) is 36.8 Å². The van der Waals surface area contributed by atoms with E-state index in [0.29, 0.717) is 0 Å². The van der Waals surface area contributed by atoms with Crippen LogP contribution >= 0.6 is 0 Å². The topological polar surface area (TPSA) is 37.8 Å². The third-order valence-corrected chi connectivity index (χ3v) is 3.36. The highest BCUT2D eigenvalue weighted by atomic mass is 15.2. The van der Waals surface area contributed by atoms with Crippen molar-refractivity contribution in [1.29, 1.82) is 0 Å². The summed E-state index contributed by atoms with van der Waals surface area (Å²) in [6, 6.07) is 22.0. The summed E-state index contributed by atoms with van der Waals surface area (Å²) in [5, 5.41) is 11.8. The van der Waals surface area contributed by atoms with Crippen LogP contribution < -0.4 is 5.32 Å². The van der Waals surface area contributed by atoms with Gasteiger partial charge in [-0.3, -0.25) is 0 Å². The van der Waals surface area contributed by atoms with Gasteiger partial charge in [-0.15, -0.1) is 10.2 Å². The molecule has 0 fully saturated rings. The van der Waals surface area contributed by atoms with Crippen molar-refractivity contribution in [2.75, 3.05) is 5.32 Å². The van der Waals surface area contributed by atoms with Crippen LogP contribution in [0.25, 0.3) is 16.8 Å². The third-order valence-electron chi connectivity index (χ3n) is 3.36. The molecule has 22 heavy (non-hydrogen) atoms. The van der Waals surface area contributed by atoms with Gasteiger partial charge in [0.15, 0.2) is 5.82 Å². The summed E-state index contributed by atoms with van der Waals surface area (Å²) in [7, 11) is 0. The smallest absolute Gasteiger partial charge is 0.153 e. The van der Waals surface area contributed by atoms with Crippen molar-refractivity contribution < 1.29 is 0 Å². The van der Waals surface area contributed by atoms with E-state index in [0.717, 1.165) is 33.9 Å². The van der Waals surface area contributed by atoms with Crippen molar-refractivity contribution in [3.05, 3.63) is 78.9 Å². The molecule has 0 atom stereocenters. The van der Waals surface area contributed by atoms with Crippen LogP contribution in [0.5, 0.6) is 0 Å². The van der Waals surface area contributed by atoms with E-state index in [2.05, 4.69) is 28.2 Å². The molecule has 1 N–H and O–H groups in total. The molecule has 0 saturated heterocycles. The first-order chi connectivity index (χ1) is 10.7. The van der Waals surface area contributed by atoms with Crippen LogP contribution in [0.1, 0.15) is 12.5 Å². The van der Waals surface area contributed by atoms with Gasteiger partial charge in [-0.25, -0.2) is 0 Å². The van der Waals surface area contributed by atoms with Crippen LogP contribution in [0.4, 0.5) is 11.5 Å². The zero-order valence-corrected chi connectivity index (χ0v) is 12.5. The summed E-state index contributed by atoms with van der Waals surface area (Å²) in [6.07, 6.45) is 0. The van der Waals surface area contributed by atoms with Gasteiger partial charge in [-0.2, -0.15) is 0 Å². The molecule has 0 aliphatic rings. The number of nitrogens with zero attached hydrogens (tertiary/aromatic N) is 2. The van der Waals surface area contributed by atoms with E-state index >= 15 is 0 Å².